The zero-order valence-corrected chi connectivity index (χ0v) is 36.7. The van der Waals surface area contributed by atoms with Gasteiger partial charge < -0.3 is 47.9 Å². The van der Waals surface area contributed by atoms with Gasteiger partial charge in [-0.25, -0.2) is 9.97 Å². The molecular formula is C52H46N4O8. The minimum absolute atomic E-state index is 0.597. The van der Waals surface area contributed by atoms with Crippen molar-refractivity contribution in [1.29, 1.82) is 0 Å². The number of hydrogen-bond donors (Lipinski definition) is 2. The zero-order valence-electron chi connectivity index (χ0n) is 36.7. The highest BCUT2D eigenvalue weighted by Crippen LogP contribution is 2.45. The van der Waals surface area contributed by atoms with Crippen molar-refractivity contribution in [1.82, 2.24) is 19.9 Å². The summed E-state index contributed by atoms with van der Waals surface area (Å²) in [5.41, 5.74) is 12.4. The molecule has 0 radical (unpaired) electrons. The Labute approximate surface area is 370 Å². The van der Waals surface area contributed by atoms with Crippen LogP contribution in [0.15, 0.2) is 97.1 Å². The normalized spacial score (nSPS) is 11.6. The quantitative estimate of drug-likeness (QED) is 0.122. The van der Waals surface area contributed by atoms with Gasteiger partial charge in [-0.15, -0.1) is 0 Å². The van der Waals surface area contributed by atoms with E-state index in [1.807, 2.05) is 97.1 Å². The minimum atomic E-state index is 0.597. The smallest absolute Gasteiger partial charge is 0.130 e. The molecule has 0 aliphatic carbocycles. The van der Waals surface area contributed by atoms with Crippen molar-refractivity contribution in [3.63, 3.8) is 0 Å². The van der Waals surface area contributed by atoms with Crippen molar-refractivity contribution in [2.24, 2.45) is 0 Å². The summed E-state index contributed by atoms with van der Waals surface area (Å²) in [7, 11) is 13.1. The summed E-state index contributed by atoms with van der Waals surface area (Å²) in [5.74, 6) is 5.08. The van der Waals surface area contributed by atoms with Gasteiger partial charge in [0.2, 0.25) is 0 Å². The maximum atomic E-state index is 6.04. The topological polar surface area (TPSA) is 131 Å². The van der Waals surface area contributed by atoms with E-state index >= 15 is 0 Å². The maximum absolute atomic E-state index is 6.04. The van der Waals surface area contributed by atoms with Gasteiger partial charge in [0.15, 0.2) is 0 Å². The van der Waals surface area contributed by atoms with Gasteiger partial charge in [0, 0.05) is 90.8 Å². The lowest BCUT2D eigenvalue weighted by molar-refractivity contribution is 0.395. The van der Waals surface area contributed by atoms with E-state index < -0.39 is 0 Å². The Hall–Kier alpha value is -8.12. The Bertz CT molecular complexity index is 3030. The Morgan fingerprint density at radius 3 is 0.859 bits per heavy atom. The first kappa shape index (κ1) is 41.2. The molecule has 0 atom stereocenters. The third kappa shape index (κ3) is 7.28. The fraction of sp³-hybridized carbons (Fsp3) is 0.154. The first-order valence-electron chi connectivity index (χ1n) is 20.4. The van der Waals surface area contributed by atoms with Crippen LogP contribution in [-0.2, 0) is 0 Å². The summed E-state index contributed by atoms with van der Waals surface area (Å²) in [5, 5.41) is 0. The molecule has 0 amide bonds. The SMILES string of the molecule is COc1ccc(-c2c3nc(c(-c4ccc(OC)cc4OC)c4ccc([nH]4)c(-c4ccc(OC)cc4OC)c4ccc([nH]4)c(-c4ccc(OC)cc4OC)c4nc2C=C4)C=C3)c(OC)c1. The largest absolute Gasteiger partial charge is 0.497 e. The highest BCUT2D eigenvalue weighted by atomic mass is 16.5. The molecule has 2 aliphatic heterocycles. The van der Waals surface area contributed by atoms with Crippen LogP contribution in [0.3, 0.4) is 0 Å². The molecule has 12 heteroatoms. The molecule has 9 rings (SSSR count). The van der Waals surface area contributed by atoms with Crippen LogP contribution in [0.5, 0.6) is 46.0 Å². The maximum Gasteiger partial charge on any atom is 0.130 e. The van der Waals surface area contributed by atoms with Crippen LogP contribution in [0.4, 0.5) is 0 Å². The van der Waals surface area contributed by atoms with E-state index in [4.69, 9.17) is 47.9 Å². The number of nitrogens with zero attached hydrogens (tertiary/aromatic N) is 2. The molecule has 2 aliphatic rings. The van der Waals surface area contributed by atoms with E-state index in [2.05, 4.69) is 34.2 Å². The minimum Gasteiger partial charge on any atom is -0.497 e. The number of hydrogen-bond acceptors (Lipinski definition) is 10. The summed E-state index contributed by atoms with van der Waals surface area (Å²) in [6.45, 7) is 0. The van der Waals surface area contributed by atoms with Crippen molar-refractivity contribution < 1.29 is 37.9 Å². The number of fused-ring (bicyclic) bond motifs is 8. The average Bonchev–Trinajstić information content (AvgIpc) is 4.20. The molecule has 5 heterocycles. The van der Waals surface area contributed by atoms with E-state index in [9.17, 15) is 0 Å². The molecule has 2 N–H and O–H groups in total. The third-order valence-electron chi connectivity index (χ3n) is 11.5. The number of aromatic nitrogens is 4. The summed E-state index contributed by atoms with van der Waals surface area (Å²) >= 11 is 0. The number of aromatic amines is 2. The van der Waals surface area contributed by atoms with Crippen LogP contribution in [0, 0.1) is 0 Å². The second-order valence-corrected chi connectivity index (χ2v) is 14.8. The second-order valence-electron chi connectivity index (χ2n) is 14.8. The van der Waals surface area contributed by atoms with Gasteiger partial charge >= 0.3 is 0 Å². The first-order valence-corrected chi connectivity index (χ1v) is 20.4. The average molecular weight is 855 g/mol. The lowest BCUT2D eigenvalue weighted by Crippen LogP contribution is -1.96. The Morgan fingerprint density at radius 2 is 0.562 bits per heavy atom. The number of rotatable bonds is 12. The van der Waals surface area contributed by atoms with Crippen molar-refractivity contribution in [3.8, 4) is 90.5 Å². The number of nitrogens with one attached hydrogen (secondary N) is 2. The van der Waals surface area contributed by atoms with Crippen molar-refractivity contribution in [2.75, 3.05) is 56.9 Å². The summed E-state index contributed by atoms with van der Waals surface area (Å²) < 4.78 is 46.6. The monoisotopic (exact) mass is 854 g/mol. The molecule has 4 aromatic carbocycles. The fourth-order valence-electron chi connectivity index (χ4n) is 8.36. The molecule has 64 heavy (non-hydrogen) atoms. The van der Waals surface area contributed by atoms with E-state index in [1.54, 1.807) is 56.9 Å². The zero-order chi connectivity index (χ0) is 44.5. The Morgan fingerprint density at radius 1 is 0.297 bits per heavy atom. The molecule has 322 valence electrons. The van der Waals surface area contributed by atoms with Gasteiger partial charge in [0.25, 0.3) is 0 Å². The number of H-pyrrole nitrogens is 2. The number of benzene rings is 4. The summed E-state index contributed by atoms with van der Waals surface area (Å²) in [4.78, 5) is 18.4. The lowest BCUT2D eigenvalue weighted by atomic mass is 10.0. The van der Waals surface area contributed by atoms with E-state index in [-0.39, 0.29) is 0 Å². The van der Waals surface area contributed by atoms with Crippen LogP contribution in [0.25, 0.3) is 90.9 Å². The molecule has 7 aromatic rings. The molecule has 0 saturated heterocycles. The molecule has 8 bridgehead atoms. The van der Waals surface area contributed by atoms with Crippen LogP contribution < -0.4 is 37.9 Å². The van der Waals surface area contributed by atoms with Gasteiger partial charge in [-0.1, -0.05) is 0 Å². The Kier molecular flexibility index (Phi) is 11.2. The molecular weight excluding hydrogens is 809 g/mol. The van der Waals surface area contributed by atoms with Gasteiger partial charge in [0.1, 0.15) is 46.0 Å². The molecule has 0 fully saturated rings. The van der Waals surface area contributed by atoms with Gasteiger partial charge in [-0.2, -0.15) is 0 Å². The second kappa shape index (κ2) is 17.3. The standard InChI is InChI=1S/C52H46N4O8/c1-57-29-9-13-33(45(25-29)61-5)49-37-17-19-39(53-37)50(34-14-10-30(58-2)26-46(34)62-6)41-21-23-43(55-41)52(36-16-12-32(60-4)28-48(36)64-8)44-24-22-42(56-44)51(40-20-18-38(49)54-40)35-15-11-31(59-3)27-47(35)63-7/h9-28,53-54H,1-8H3. The summed E-state index contributed by atoms with van der Waals surface area (Å²) in [6, 6.07) is 31.3. The van der Waals surface area contributed by atoms with E-state index in [1.165, 1.54) is 0 Å². The van der Waals surface area contributed by atoms with E-state index in [0.29, 0.717) is 68.8 Å². The fourth-order valence-corrected chi connectivity index (χ4v) is 8.36. The highest BCUT2D eigenvalue weighted by Gasteiger charge is 2.24. The van der Waals surface area contributed by atoms with Crippen LogP contribution in [0.1, 0.15) is 22.8 Å². The van der Waals surface area contributed by atoms with Crippen LogP contribution >= 0.6 is 0 Å². The highest BCUT2D eigenvalue weighted by molar-refractivity contribution is 6.02. The molecule has 0 saturated carbocycles. The first-order chi connectivity index (χ1) is 31.3. The van der Waals surface area contributed by atoms with Crippen molar-refractivity contribution in [2.45, 2.75) is 0 Å². The molecule has 12 nitrogen and oxygen atoms in total. The van der Waals surface area contributed by atoms with E-state index in [0.717, 1.165) is 66.6 Å². The summed E-state index contributed by atoms with van der Waals surface area (Å²) in [6.07, 6.45) is 8.05. The van der Waals surface area contributed by atoms with Crippen molar-refractivity contribution in [3.05, 3.63) is 120 Å². The number of ether oxygens (including phenoxy) is 8. The van der Waals surface area contributed by atoms with Gasteiger partial charge in [-0.3, -0.25) is 0 Å². The molecule has 3 aromatic heterocycles. The lowest BCUT2D eigenvalue weighted by Gasteiger charge is -2.13. The van der Waals surface area contributed by atoms with Gasteiger partial charge in [-0.05, 0) is 97.1 Å². The molecule has 0 spiro atoms. The Balaban J connectivity index is 1.50. The predicted molar refractivity (Wildman–Crippen MR) is 253 cm³/mol. The molecule has 0 unspecified atom stereocenters. The van der Waals surface area contributed by atoms with Crippen molar-refractivity contribution >= 4 is 46.4 Å². The van der Waals surface area contributed by atoms with Gasteiger partial charge in [0.05, 0.1) is 79.7 Å². The predicted octanol–water partition coefficient (Wildman–Crippen LogP) is 11.4. The third-order valence-corrected chi connectivity index (χ3v) is 11.5. The van der Waals surface area contributed by atoms with Crippen LogP contribution in [-0.4, -0.2) is 76.8 Å². The number of methoxy groups -OCH3 is 8. The van der Waals surface area contributed by atoms with Crippen LogP contribution in [0.2, 0.25) is 0 Å².